The zero-order valence-electron chi connectivity index (χ0n) is 19.1. The van der Waals surface area contributed by atoms with Gasteiger partial charge in [-0.3, -0.25) is 18.7 Å². The van der Waals surface area contributed by atoms with Crippen LogP contribution >= 0.6 is 23.8 Å². The molecule has 1 saturated heterocycles. The summed E-state index contributed by atoms with van der Waals surface area (Å²) in [6, 6.07) is 15.5. The molecule has 178 valence electrons. The molecule has 3 heterocycles. The average Bonchev–Trinajstić information content (AvgIpc) is 3.18. The second kappa shape index (κ2) is 9.87. The monoisotopic (exact) mass is 498 g/mol. The number of benzene rings is 2. The molecule has 2 aromatic heterocycles. The molecule has 0 aliphatic carbocycles. The van der Waals surface area contributed by atoms with E-state index in [-0.39, 0.29) is 5.56 Å². The Kier molecular flexibility index (Phi) is 6.69. The molecule has 2 aromatic carbocycles. The van der Waals surface area contributed by atoms with Gasteiger partial charge in [-0.25, -0.2) is 4.68 Å². The minimum Gasteiger partial charge on any atom is -0.385 e. The first-order chi connectivity index (χ1) is 16.6. The third-order valence-electron chi connectivity index (χ3n) is 6.31. The van der Waals surface area contributed by atoms with Crippen LogP contribution in [-0.2, 0) is 18.0 Å². The first-order valence-electron chi connectivity index (χ1n) is 11.4. The highest BCUT2D eigenvalue weighted by Crippen LogP contribution is 2.26. The Morgan fingerprint density at radius 1 is 1.06 bits per heavy atom. The summed E-state index contributed by atoms with van der Waals surface area (Å²) in [4.78, 5) is 17.9. The van der Waals surface area contributed by atoms with Gasteiger partial charge in [0.25, 0.3) is 5.56 Å². The molecule has 1 fully saturated rings. The first kappa shape index (κ1) is 23.0. The fraction of sp³-hybridized carbons (Fsp3) is 0.375. The summed E-state index contributed by atoms with van der Waals surface area (Å²) < 4.78 is 11.2. The van der Waals surface area contributed by atoms with Crippen LogP contribution in [0.15, 0.2) is 53.3 Å². The maximum atomic E-state index is 13.2. The van der Waals surface area contributed by atoms with Crippen molar-refractivity contribution < 1.29 is 4.74 Å². The van der Waals surface area contributed by atoms with Crippen molar-refractivity contribution in [1.29, 1.82) is 0 Å². The largest absolute Gasteiger partial charge is 0.385 e. The summed E-state index contributed by atoms with van der Waals surface area (Å²) in [6.07, 6.45) is 0.716. The number of aryl methyl sites for hydroxylation is 1. The molecule has 4 aromatic rings. The van der Waals surface area contributed by atoms with E-state index in [9.17, 15) is 4.79 Å². The maximum Gasteiger partial charge on any atom is 0.262 e. The number of piperazine rings is 1. The van der Waals surface area contributed by atoms with Crippen molar-refractivity contribution in [3.8, 4) is 0 Å². The van der Waals surface area contributed by atoms with E-state index in [0.29, 0.717) is 42.2 Å². The zero-order chi connectivity index (χ0) is 23.7. The SMILES string of the molecule is COCCCn1c(=O)c2ccccc2n2c(=S)n(CN3CCN(c4ccccc4Cl)CC3)nc12. The standard InChI is InChI=1S/C24H27ClN6O2S/c1-33-16-6-11-29-22(32)18-7-2-4-9-20(18)31-23(29)26-30(24(31)34)17-27-12-14-28(15-13-27)21-10-5-3-8-19(21)25/h2-5,7-10H,6,11-17H2,1H3. The lowest BCUT2D eigenvalue weighted by Crippen LogP contribution is -2.47. The Hall–Kier alpha value is -2.72. The number of methoxy groups -OCH3 is 1. The normalized spacial score (nSPS) is 14.9. The van der Waals surface area contributed by atoms with Crippen LogP contribution in [0, 0.1) is 4.77 Å². The van der Waals surface area contributed by atoms with E-state index in [2.05, 4.69) is 15.9 Å². The highest BCUT2D eigenvalue weighted by atomic mass is 35.5. The number of aromatic nitrogens is 4. The molecule has 5 rings (SSSR count). The van der Waals surface area contributed by atoms with Crippen molar-refractivity contribution in [2.75, 3.05) is 44.8 Å². The minimum atomic E-state index is -0.0558. The van der Waals surface area contributed by atoms with Crippen molar-refractivity contribution in [2.45, 2.75) is 19.6 Å². The quantitative estimate of drug-likeness (QED) is 0.286. The molecule has 8 nitrogen and oxygen atoms in total. The van der Waals surface area contributed by atoms with Crippen LogP contribution in [0.4, 0.5) is 5.69 Å². The number of hydrogen-bond acceptors (Lipinski definition) is 6. The molecular formula is C24H27ClN6O2S. The Bertz CT molecular complexity index is 1440. The number of fused-ring (bicyclic) bond motifs is 3. The second-order valence-electron chi connectivity index (χ2n) is 8.44. The van der Waals surface area contributed by atoms with E-state index in [4.69, 9.17) is 33.7 Å². The Morgan fingerprint density at radius 3 is 2.56 bits per heavy atom. The number of halogens is 1. The third-order valence-corrected chi connectivity index (χ3v) is 7.03. The topological polar surface area (TPSA) is 59.9 Å². The van der Waals surface area contributed by atoms with Gasteiger partial charge in [0.2, 0.25) is 10.5 Å². The van der Waals surface area contributed by atoms with Gasteiger partial charge < -0.3 is 9.64 Å². The van der Waals surface area contributed by atoms with Gasteiger partial charge in [0, 0.05) is 46.4 Å². The Morgan fingerprint density at radius 2 is 1.79 bits per heavy atom. The van der Waals surface area contributed by atoms with Crippen molar-refractivity contribution >= 4 is 46.2 Å². The Balaban J connectivity index is 1.44. The molecule has 34 heavy (non-hydrogen) atoms. The van der Waals surface area contributed by atoms with E-state index in [1.165, 1.54) is 0 Å². The predicted octanol–water partition coefficient (Wildman–Crippen LogP) is 3.65. The molecule has 0 saturated carbocycles. The predicted molar refractivity (Wildman–Crippen MR) is 138 cm³/mol. The van der Waals surface area contributed by atoms with Crippen LogP contribution in [0.25, 0.3) is 16.7 Å². The van der Waals surface area contributed by atoms with Gasteiger partial charge in [0.15, 0.2) is 0 Å². The molecule has 0 bridgehead atoms. The van der Waals surface area contributed by atoms with Crippen molar-refractivity contribution in [3.63, 3.8) is 0 Å². The van der Waals surface area contributed by atoms with Gasteiger partial charge in [0.1, 0.15) is 0 Å². The molecule has 1 aliphatic heterocycles. The molecule has 0 radical (unpaired) electrons. The molecule has 10 heteroatoms. The number of nitrogens with zero attached hydrogens (tertiary/aromatic N) is 6. The van der Waals surface area contributed by atoms with Gasteiger partial charge in [-0.15, -0.1) is 5.10 Å². The summed E-state index contributed by atoms with van der Waals surface area (Å²) in [5.74, 6) is 0.569. The van der Waals surface area contributed by atoms with Gasteiger partial charge in [-0.1, -0.05) is 35.9 Å². The molecule has 0 amide bonds. The van der Waals surface area contributed by atoms with Crippen LogP contribution in [0.3, 0.4) is 0 Å². The summed E-state index contributed by atoms with van der Waals surface area (Å²) >= 11 is 12.2. The van der Waals surface area contributed by atoms with Crippen LogP contribution < -0.4 is 10.5 Å². The maximum absolute atomic E-state index is 13.2. The van der Waals surface area contributed by atoms with Crippen LogP contribution in [0.5, 0.6) is 0 Å². The molecule has 0 unspecified atom stereocenters. The summed E-state index contributed by atoms with van der Waals surface area (Å²) in [6.45, 7) is 5.12. The van der Waals surface area contributed by atoms with Gasteiger partial charge in [0.05, 0.1) is 28.3 Å². The van der Waals surface area contributed by atoms with Crippen LogP contribution in [0.1, 0.15) is 6.42 Å². The summed E-state index contributed by atoms with van der Waals surface area (Å²) in [5.41, 5.74) is 1.80. The van der Waals surface area contributed by atoms with Gasteiger partial charge in [-0.2, -0.15) is 0 Å². The number of hydrogen-bond donors (Lipinski definition) is 0. The van der Waals surface area contributed by atoms with E-state index < -0.39 is 0 Å². The van der Waals surface area contributed by atoms with E-state index >= 15 is 0 Å². The number of anilines is 1. The lowest BCUT2D eigenvalue weighted by molar-refractivity contribution is 0.190. The lowest BCUT2D eigenvalue weighted by atomic mass is 10.2. The van der Waals surface area contributed by atoms with Crippen LogP contribution in [-0.4, -0.2) is 63.5 Å². The van der Waals surface area contributed by atoms with E-state index in [1.807, 2.05) is 51.5 Å². The summed E-state index contributed by atoms with van der Waals surface area (Å²) in [5, 5.41) is 6.22. The zero-order valence-corrected chi connectivity index (χ0v) is 20.6. The van der Waals surface area contributed by atoms with Crippen LogP contribution in [0.2, 0.25) is 5.02 Å². The molecule has 0 spiro atoms. The third kappa shape index (κ3) is 4.24. The molecular weight excluding hydrogens is 472 g/mol. The Labute approximate surface area is 207 Å². The number of ether oxygens (including phenoxy) is 1. The fourth-order valence-corrected chi connectivity index (χ4v) is 5.09. The minimum absolute atomic E-state index is 0.0558. The molecule has 1 aliphatic rings. The highest BCUT2D eigenvalue weighted by Gasteiger charge is 2.21. The number of rotatable bonds is 7. The number of para-hydroxylation sites is 2. The van der Waals surface area contributed by atoms with Crippen molar-refractivity contribution in [3.05, 3.63) is 68.7 Å². The molecule has 0 atom stereocenters. The first-order valence-corrected chi connectivity index (χ1v) is 12.2. The van der Waals surface area contributed by atoms with E-state index in [0.717, 1.165) is 42.4 Å². The van der Waals surface area contributed by atoms with E-state index in [1.54, 1.807) is 11.7 Å². The second-order valence-corrected chi connectivity index (χ2v) is 9.21. The van der Waals surface area contributed by atoms with Crippen molar-refractivity contribution in [2.24, 2.45) is 0 Å². The molecule has 0 N–H and O–H groups in total. The average molecular weight is 499 g/mol. The highest BCUT2D eigenvalue weighted by molar-refractivity contribution is 7.71. The fourth-order valence-electron chi connectivity index (χ4n) is 4.56. The van der Waals surface area contributed by atoms with Gasteiger partial charge >= 0.3 is 0 Å². The smallest absolute Gasteiger partial charge is 0.262 e. The van der Waals surface area contributed by atoms with Gasteiger partial charge in [-0.05, 0) is 42.9 Å². The summed E-state index contributed by atoms with van der Waals surface area (Å²) in [7, 11) is 1.66. The van der Waals surface area contributed by atoms with Crippen molar-refractivity contribution in [1.82, 2.24) is 23.6 Å². The lowest BCUT2D eigenvalue weighted by Gasteiger charge is -2.36.